The van der Waals surface area contributed by atoms with E-state index in [9.17, 15) is 18.4 Å². The van der Waals surface area contributed by atoms with Crippen LogP contribution in [0, 0.1) is 6.92 Å². The summed E-state index contributed by atoms with van der Waals surface area (Å²) in [7, 11) is 1.33. The molecule has 0 aliphatic heterocycles. The van der Waals surface area contributed by atoms with E-state index in [1.165, 1.54) is 37.5 Å². The maximum atomic E-state index is 12.4. The Morgan fingerprint density at radius 2 is 1.86 bits per heavy atom. The lowest BCUT2D eigenvalue weighted by atomic mass is 9.87. The summed E-state index contributed by atoms with van der Waals surface area (Å²) >= 11 is 0. The van der Waals surface area contributed by atoms with Crippen molar-refractivity contribution < 1.29 is 32.6 Å². The molecule has 0 radical (unpaired) electrons. The molecular formula is C22H20F2O5. The van der Waals surface area contributed by atoms with E-state index in [4.69, 9.17) is 9.47 Å². The van der Waals surface area contributed by atoms with Gasteiger partial charge in [-0.05, 0) is 60.7 Å². The maximum Gasteiger partial charge on any atom is 0.387 e. The molecule has 0 bridgehead atoms. The molecule has 5 nitrogen and oxygen atoms in total. The van der Waals surface area contributed by atoms with Gasteiger partial charge >= 0.3 is 12.6 Å². The molecule has 0 aromatic heterocycles. The van der Waals surface area contributed by atoms with E-state index in [1.54, 1.807) is 6.07 Å². The van der Waals surface area contributed by atoms with Gasteiger partial charge in [0.25, 0.3) is 0 Å². The van der Waals surface area contributed by atoms with E-state index >= 15 is 0 Å². The topological polar surface area (TPSA) is 61.8 Å². The largest absolute Gasteiger partial charge is 0.493 e. The summed E-state index contributed by atoms with van der Waals surface area (Å²) in [4.78, 5) is 24.6. The molecule has 0 spiro atoms. The van der Waals surface area contributed by atoms with Crippen LogP contribution in [0.2, 0.25) is 0 Å². The Hall–Kier alpha value is -3.22. The SMILES string of the molecule is COc1cc(/C=C/C(=O)Oc2ccc(C)c3c2C(=O)CCC3)ccc1OC(F)F. The van der Waals surface area contributed by atoms with Gasteiger partial charge in [-0.15, -0.1) is 0 Å². The van der Waals surface area contributed by atoms with Gasteiger partial charge in [0, 0.05) is 12.5 Å². The van der Waals surface area contributed by atoms with Crippen molar-refractivity contribution >= 4 is 17.8 Å². The van der Waals surface area contributed by atoms with Crippen LogP contribution >= 0.6 is 0 Å². The molecule has 2 aromatic carbocycles. The fourth-order valence-corrected chi connectivity index (χ4v) is 3.28. The first-order valence-corrected chi connectivity index (χ1v) is 9.07. The maximum absolute atomic E-state index is 12.4. The minimum Gasteiger partial charge on any atom is -0.493 e. The molecule has 0 saturated heterocycles. The van der Waals surface area contributed by atoms with Gasteiger partial charge < -0.3 is 14.2 Å². The number of aryl methyl sites for hydroxylation is 1. The summed E-state index contributed by atoms with van der Waals surface area (Å²) in [6.07, 6.45) is 4.66. The lowest BCUT2D eigenvalue weighted by Crippen LogP contribution is -2.16. The van der Waals surface area contributed by atoms with E-state index in [0.29, 0.717) is 17.5 Å². The van der Waals surface area contributed by atoms with Gasteiger partial charge in [-0.25, -0.2) is 4.79 Å². The fraction of sp³-hybridized carbons (Fsp3) is 0.273. The van der Waals surface area contributed by atoms with Crippen LogP contribution in [0.1, 0.15) is 39.9 Å². The van der Waals surface area contributed by atoms with Crippen LogP contribution in [0.5, 0.6) is 17.2 Å². The first-order chi connectivity index (χ1) is 13.9. The van der Waals surface area contributed by atoms with Gasteiger partial charge in [-0.1, -0.05) is 12.1 Å². The van der Waals surface area contributed by atoms with Crippen molar-refractivity contribution in [2.24, 2.45) is 0 Å². The van der Waals surface area contributed by atoms with Crippen LogP contribution in [-0.4, -0.2) is 25.5 Å². The molecule has 3 rings (SSSR count). The number of carbonyl (C=O) groups is 2. The Morgan fingerprint density at radius 1 is 1.10 bits per heavy atom. The number of benzene rings is 2. The summed E-state index contributed by atoms with van der Waals surface area (Å²) in [6.45, 7) is -1.04. The molecule has 152 valence electrons. The third-order valence-corrected chi connectivity index (χ3v) is 4.64. The van der Waals surface area contributed by atoms with E-state index in [2.05, 4.69) is 4.74 Å². The van der Waals surface area contributed by atoms with Gasteiger partial charge in [0.1, 0.15) is 5.75 Å². The molecule has 0 amide bonds. The third kappa shape index (κ3) is 4.80. The van der Waals surface area contributed by atoms with Gasteiger partial charge in [-0.3, -0.25) is 4.79 Å². The molecule has 1 aliphatic carbocycles. The first-order valence-electron chi connectivity index (χ1n) is 9.07. The fourth-order valence-electron chi connectivity index (χ4n) is 3.28. The van der Waals surface area contributed by atoms with Crippen molar-refractivity contribution in [1.29, 1.82) is 0 Å². The van der Waals surface area contributed by atoms with Gasteiger partial charge in [-0.2, -0.15) is 8.78 Å². The lowest BCUT2D eigenvalue weighted by Gasteiger charge is -2.19. The van der Waals surface area contributed by atoms with Gasteiger partial charge in [0.05, 0.1) is 12.7 Å². The minimum atomic E-state index is -2.97. The molecule has 0 saturated carbocycles. The smallest absolute Gasteiger partial charge is 0.387 e. The number of fused-ring (bicyclic) bond motifs is 1. The monoisotopic (exact) mass is 402 g/mol. The number of rotatable bonds is 6. The van der Waals surface area contributed by atoms with Crippen molar-refractivity contribution in [1.82, 2.24) is 0 Å². The van der Waals surface area contributed by atoms with E-state index in [-0.39, 0.29) is 23.0 Å². The van der Waals surface area contributed by atoms with Crippen molar-refractivity contribution in [3.8, 4) is 17.2 Å². The number of hydrogen-bond donors (Lipinski definition) is 0. The average molecular weight is 402 g/mol. The normalized spacial score (nSPS) is 13.5. The highest BCUT2D eigenvalue weighted by molar-refractivity contribution is 6.02. The number of methoxy groups -OCH3 is 1. The number of ketones is 1. The highest BCUT2D eigenvalue weighted by atomic mass is 19.3. The number of halogens is 2. The quantitative estimate of drug-likeness (QED) is 0.397. The van der Waals surface area contributed by atoms with Crippen LogP contribution in [0.4, 0.5) is 8.78 Å². The Labute approximate surface area is 166 Å². The van der Waals surface area contributed by atoms with Crippen molar-refractivity contribution in [3.63, 3.8) is 0 Å². The van der Waals surface area contributed by atoms with Crippen molar-refractivity contribution in [2.75, 3.05) is 7.11 Å². The standard InChI is InChI=1S/C22H20F2O5/c1-13-6-9-18(21-15(13)4-3-5-16(21)25)28-20(26)11-8-14-7-10-17(29-22(23)24)19(12-14)27-2/h6-12,22H,3-5H2,1-2H3/b11-8+. The second kappa shape index (κ2) is 8.86. The number of Topliss-reactive ketones (excluding diaryl/α,β-unsaturated/α-hetero) is 1. The number of esters is 1. The Balaban J connectivity index is 1.76. The van der Waals surface area contributed by atoms with Crippen LogP contribution < -0.4 is 14.2 Å². The van der Waals surface area contributed by atoms with Crippen LogP contribution in [0.25, 0.3) is 6.08 Å². The molecule has 1 aliphatic rings. The van der Waals surface area contributed by atoms with Gasteiger partial charge in [0.2, 0.25) is 0 Å². The molecule has 0 fully saturated rings. The molecule has 29 heavy (non-hydrogen) atoms. The highest BCUT2D eigenvalue weighted by Gasteiger charge is 2.24. The second-order valence-electron chi connectivity index (χ2n) is 6.55. The van der Waals surface area contributed by atoms with Crippen LogP contribution in [0.15, 0.2) is 36.4 Å². The minimum absolute atomic E-state index is 0.0268. The first kappa shape index (κ1) is 20.5. The lowest BCUT2D eigenvalue weighted by molar-refractivity contribution is -0.128. The second-order valence-corrected chi connectivity index (χ2v) is 6.55. The molecule has 2 aromatic rings. The number of ether oxygens (including phenoxy) is 3. The van der Waals surface area contributed by atoms with Crippen LogP contribution in [0.3, 0.4) is 0 Å². The number of hydrogen-bond acceptors (Lipinski definition) is 5. The summed E-state index contributed by atoms with van der Waals surface area (Å²) in [5.41, 5.74) is 2.94. The third-order valence-electron chi connectivity index (χ3n) is 4.64. The van der Waals surface area contributed by atoms with E-state index < -0.39 is 12.6 Å². The predicted molar refractivity (Wildman–Crippen MR) is 103 cm³/mol. The summed E-state index contributed by atoms with van der Waals surface area (Å²) in [5, 5.41) is 0. The zero-order valence-corrected chi connectivity index (χ0v) is 16.0. The molecule has 0 N–H and O–H groups in total. The zero-order chi connectivity index (χ0) is 21.0. The molecule has 7 heteroatoms. The van der Waals surface area contributed by atoms with Crippen LogP contribution in [-0.2, 0) is 11.2 Å². The Morgan fingerprint density at radius 3 is 2.59 bits per heavy atom. The number of alkyl halides is 2. The van der Waals surface area contributed by atoms with E-state index in [0.717, 1.165) is 24.0 Å². The molecule has 0 atom stereocenters. The number of carbonyl (C=O) groups excluding carboxylic acids is 2. The summed E-state index contributed by atoms with van der Waals surface area (Å²) in [5.74, 6) is -0.420. The van der Waals surface area contributed by atoms with Crippen molar-refractivity contribution in [3.05, 3.63) is 58.7 Å². The molecule has 0 unspecified atom stereocenters. The van der Waals surface area contributed by atoms with Gasteiger partial charge in [0.15, 0.2) is 17.3 Å². The Bertz CT molecular complexity index is 966. The van der Waals surface area contributed by atoms with E-state index in [1.807, 2.05) is 13.0 Å². The van der Waals surface area contributed by atoms with Crippen molar-refractivity contribution in [2.45, 2.75) is 32.8 Å². The molecule has 0 heterocycles. The average Bonchev–Trinajstić information content (AvgIpc) is 2.69. The highest BCUT2D eigenvalue weighted by Crippen LogP contribution is 2.32. The molecular weight excluding hydrogens is 382 g/mol. The summed E-state index contributed by atoms with van der Waals surface area (Å²) < 4.78 is 39.6. The zero-order valence-electron chi connectivity index (χ0n) is 16.0. The predicted octanol–water partition coefficient (Wildman–Crippen LogP) is 4.74. The summed E-state index contributed by atoms with van der Waals surface area (Å²) in [6, 6.07) is 7.74. The Kier molecular flexibility index (Phi) is 6.26.